The minimum atomic E-state index is -0.670. The summed E-state index contributed by atoms with van der Waals surface area (Å²) in [7, 11) is 1.33. The Bertz CT molecular complexity index is 1030. The highest BCUT2D eigenvalue weighted by Gasteiger charge is 2.25. The topological polar surface area (TPSA) is 57.5 Å². The van der Waals surface area contributed by atoms with Crippen LogP contribution in [0.15, 0.2) is 54.7 Å². The maximum absolute atomic E-state index is 13.2. The molecule has 1 unspecified atom stereocenters. The number of ether oxygens (including phenoxy) is 2. The van der Waals surface area contributed by atoms with E-state index in [-0.39, 0.29) is 11.3 Å². The molecule has 0 saturated carbocycles. The summed E-state index contributed by atoms with van der Waals surface area (Å²) >= 11 is 0. The summed E-state index contributed by atoms with van der Waals surface area (Å²) in [4.78, 5) is 25.4. The first-order valence-corrected chi connectivity index (χ1v) is 9.76. The number of hydrogen-bond donors (Lipinski definition) is 0. The average Bonchev–Trinajstić information content (AvgIpc) is 3.10. The molecule has 152 valence electrons. The molecule has 29 heavy (non-hydrogen) atoms. The molecule has 0 bridgehead atoms. The SMILES string of the molecule is CCC(Oc1ccc(C(C)(C)C)cc1)C(=O)n1cc(C(=O)OC)c2ccccc21. The predicted octanol–water partition coefficient (Wildman–Crippen LogP) is 5.22. The van der Waals surface area contributed by atoms with E-state index in [2.05, 4.69) is 20.8 Å². The second-order valence-corrected chi connectivity index (χ2v) is 8.05. The first kappa shape index (κ1) is 20.6. The third kappa shape index (κ3) is 4.19. The summed E-state index contributed by atoms with van der Waals surface area (Å²) in [6.07, 6.45) is 1.37. The van der Waals surface area contributed by atoms with Crippen LogP contribution >= 0.6 is 0 Å². The number of carbonyl (C=O) groups excluding carboxylic acids is 2. The molecule has 5 heteroatoms. The van der Waals surface area contributed by atoms with E-state index in [1.807, 2.05) is 49.4 Å². The van der Waals surface area contributed by atoms with Crippen LogP contribution in [-0.2, 0) is 10.2 Å². The van der Waals surface area contributed by atoms with E-state index in [0.717, 1.165) is 0 Å². The molecule has 5 nitrogen and oxygen atoms in total. The van der Waals surface area contributed by atoms with Crippen LogP contribution in [0, 0.1) is 0 Å². The quantitative estimate of drug-likeness (QED) is 0.558. The lowest BCUT2D eigenvalue weighted by Gasteiger charge is -2.21. The fourth-order valence-electron chi connectivity index (χ4n) is 3.30. The van der Waals surface area contributed by atoms with Crippen molar-refractivity contribution in [2.75, 3.05) is 7.11 Å². The van der Waals surface area contributed by atoms with Crippen LogP contribution in [0.4, 0.5) is 0 Å². The van der Waals surface area contributed by atoms with E-state index in [1.54, 1.807) is 6.07 Å². The van der Waals surface area contributed by atoms with Gasteiger partial charge in [-0.15, -0.1) is 0 Å². The molecule has 0 amide bonds. The highest BCUT2D eigenvalue weighted by Crippen LogP contribution is 2.26. The molecule has 3 aromatic rings. The third-order valence-electron chi connectivity index (χ3n) is 5.00. The summed E-state index contributed by atoms with van der Waals surface area (Å²) in [6.45, 7) is 8.35. The van der Waals surface area contributed by atoms with Crippen molar-refractivity contribution in [2.45, 2.75) is 45.6 Å². The Morgan fingerprint density at radius 2 is 1.69 bits per heavy atom. The van der Waals surface area contributed by atoms with E-state index < -0.39 is 12.1 Å². The van der Waals surface area contributed by atoms with Crippen molar-refractivity contribution in [1.29, 1.82) is 0 Å². The van der Waals surface area contributed by atoms with Gasteiger partial charge in [0.05, 0.1) is 18.2 Å². The molecule has 1 aromatic heterocycles. The van der Waals surface area contributed by atoms with E-state index in [1.165, 1.54) is 23.4 Å². The number of methoxy groups -OCH3 is 1. The minimum Gasteiger partial charge on any atom is -0.481 e. The largest absolute Gasteiger partial charge is 0.481 e. The Balaban J connectivity index is 1.91. The predicted molar refractivity (Wildman–Crippen MR) is 114 cm³/mol. The molecule has 0 saturated heterocycles. The lowest BCUT2D eigenvalue weighted by molar-refractivity contribution is 0.0602. The number of nitrogens with zero attached hydrogens (tertiary/aromatic N) is 1. The molecule has 0 aliphatic heterocycles. The number of rotatable bonds is 5. The first-order valence-electron chi connectivity index (χ1n) is 9.76. The van der Waals surface area contributed by atoms with Gasteiger partial charge in [-0.1, -0.05) is 58.0 Å². The van der Waals surface area contributed by atoms with Gasteiger partial charge in [0.25, 0.3) is 5.91 Å². The molecule has 0 aliphatic carbocycles. The van der Waals surface area contributed by atoms with Crippen LogP contribution in [-0.4, -0.2) is 29.7 Å². The second-order valence-electron chi connectivity index (χ2n) is 8.05. The standard InChI is InChI=1S/C24H27NO4/c1-6-21(29-17-13-11-16(12-14-17)24(2,3)4)22(26)25-15-19(23(27)28-5)18-9-7-8-10-20(18)25/h7-15,21H,6H2,1-5H3. The number of esters is 1. The van der Waals surface area contributed by atoms with E-state index in [9.17, 15) is 9.59 Å². The van der Waals surface area contributed by atoms with Crippen molar-refractivity contribution in [1.82, 2.24) is 4.57 Å². The van der Waals surface area contributed by atoms with Gasteiger partial charge < -0.3 is 9.47 Å². The summed E-state index contributed by atoms with van der Waals surface area (Å²) in [5, 5.41) is 0.678. The number of para-hydroxylation sites is 1. The van der Waals surface area contributed by atoms with Gasteiger partial charge in [0.15, 0.2) is 6.10 Å². The van der Waals surface area contributed by atoms with Crippen LogP contribution in [0.5, 0.6) is 5.75 Å². The lowest BCUT2D eigenvalue weighted by Crippen LogP contribution is -2.31. The van der Waals surface area contributed by atoms with Crippen LogP contribution in [0.3, 0.4) is 0 Å². The Morgan fingerprint density at radius 1 is 1.03 bits per heavy atom. The van der Waals surface area contributed by atoms with E-state index in [0.29, 0.717) is 28.6 Å². The van der Waals surface area contributed by atoms with E-state index in [4.69, 9.17) is 9.47 Å². The summed E-state index contributed by atoms with van der Waals surface area (Å²) in [6, 6.07) is 15.1. The van der Waals surface area contributed by atoms with Crippen LogP contribution < -0.4 is 4.74 Å². The van der Waals surface area contributed by atoms with Gasteiger partial charge >= 0.3 is 5.97 Å². The molecule has 1 atom stereocenters. The number of fused-ring (bicyclic) bond motifs is 1. The zero-order chi connectivity index (χ0) is 21.2. The molecule has 0 fully saturated rings. The van der Waals surface area contributed by atoms with Crippen LogP contribution in [0.1, 0.15) is 54.8 Å². The van der Waals surface area contributed by atoms with Crippen molar-refractivity contribution < 1.29 is 19.1 Å². The van der Waals surface area contributed by atoms with E-state index >= 15 is 0 Å². The lowest BCUT2D eigenvalue weighted by atomic mass is 9.87. The van der Waals surface area contributed by atoms with Crippen molar-refractivity contribution in [3.05, 3.63) is 65.9 Å². The number of carbonyl (C=O) groups is 2. The zero-order valence-electron chi connectivity index (χ0n) is 17.6. The van der Waals surface area contributed by atoms with Crippen molar-refractivity contribution in [2.24, 2.45) is 0 Å². The third-order valence-corrected chi connectivity index (χ3v) is 5.00. The fourth-order valence-corrected chi connectivity index (χ4v) is 3.30. The van der Waals surface area contributed by atoms with Gasteiger partial charge in [-0.3, -0.25) is 9.36 Å². The molecule has 0 aliphatic rings. The molecular formula is C24H27NO4. The Morgan fingerprint density at radius 3 is 2.28 bits per heavy atom. The van der Waals surface area contributed by atoms with Gasteiger partial charge in [-0.25, -0.2) is 4.79 Å². The molecule has 2 aromatic carbocycles. The Hall–Kier alpha value is -3.08. The molecule has 0 radical (unpaired) electrons. The van der Waals surface area contributed by atoms with Gasteiger partial charge in [-0.2, -0.15) is 0 Å². The average molecular weight is 393 g/mol. The van der Waals surface area contributed by atoms with Crippen molar-refractivity contribution in [3.63, 3.8) is 0 Å². The fraction of sp³-hybridized carbons (Fsp3) is 0.333. The van der Waals surface area contributed by atoms with Crippen LogP contribution in [0.25, 0.3) is 10.9 Å². The van der Waals surface area contributed by atoms with Gasteiger partial charge in [0.1, 0.15) is 5.75 Å². The number of hydrogen-bond acceptors (Lipinski definition) is 4. The number of benzene rings is 2. The zero-order valence-corrected chi connectivity index (χ0v) is 17.6. The van der Waals surface area contributed by atoms with Crippen molar-refractivity contribution in [3.8, 4) is 5.75 Å². The maximum atomic E-state index is 13.2. The van der Waals surface area contributed by atoms with Gasteiger partial charge in [0.2, 0.25) is 0 Å². The normalized spacial score (nSPS) is 12.6. The monoisotopic (exact) mass is 393 g/mol. The Labute approximate surface area is 171 Å². The first-order chi connectivity index (χ1) is 13.8. The maximum Gasteiger partial charge on any atom is 0.340 e. The second kappa shape index (κ2) is 8.11. The van der Waals surface area contributed by atoms with Gasteiger partial charge in [0, 0.05) is 11.6 Å². The van der Waals surface area contributed by atoms with Gasteiger partial charge in [-0.05, 0) is 35.6 Å². The molecular weight excluding hydrogens is 366 g/mol. The highest BCUT2D eigenvalue weighted by atomic mass is 16.5. The number of aromatic nitrogens is 1. The Kier molecular flexibility index (Phi) is 5.78. The molecule has 1 heterocycles. The summed E-state index contributed by atoms with van der Waals surface area (Å²) in [5.41, 5.74) is 2.26. The molecule has 3 rings (SSSR count). The highest BCUT2D eigenvalue weighted by molar-refractivity contribution is 6.07. The van der Waals surface area contributed by atoms with Crippen LogP contribution in [0.2, 0.25) is 0 Å². The molecule has 0 N–H and O–H groups in total. The smallest absolute Gasteiger partial charge is 0.340 e. The van der Waals surface area contributed by atoms with Crippen molar-refractivity contribution >= 4 is 22.8 Å². The molecule has 0 spiro atoms. The summed E-state index contributed by atoms with van der Waals surface area (Å²) in [5.74, 6) is -0.0545. The minimum absolute atomic E-state index is 0.0485. The summed E-state index contributed by atoms with van der Waals surface area (Å²) < 4.78 is 12.4.